The van der Waals surface area contributed by atoms with Crippen LogP contribution in [0.5, 0.6) is 5.75 Å². The Balaban J connectivity index is 1.67. The fourth-order valence-electron chi connectivity index (χ4n) is 3.55. The smallest absolute Gasteiger partial charge is 0.122 e. The molecule has 1 fully saturated rings. The van der Waals surface area contributed by atoms with Crippen LogP contribution in [0.2, 0.25) is 0 Å². The summed E-state index contributed by atoms with van der Waals surface area (Å²) in [7, 11) is 0. The SMILES string of the molecule is CCCN(CC1COc2ccccc21)C1CCNCC1. The van der Waals surface area contributed by atoms with E-state index in [4.69, 9.17) is 4.74 Å². The number of nitrogens with one attached hydrogen (secondary N) is 1. The van der Waals surface area contributed by atoms with E-state index in [9.17, 15) is 0 Å². The minimum absolute atomic E-state index is 0.549. The lowest BCUT2D eigenvalue weighted by atomic mass is 9.97. The molecule has 20 heavy (non-hydrogen) atoms. The van der Waals surface area contributed by atoms with Gasteiger partial charge in [-0.15, -0.1) is 0 Å². The van der Waals surface area contributed by atoms with E-state index in [-0.39, 0.29) is 0 Å². The Labute approximate surface area is 122 Å². The third kappa shape index (κ3) is 2.99. The molecule has 1 aromatic carbocycles. The fraction of sp³-hybridized carbons (Fsp3) is 0.647. The van der Waals surface area contributed by atoms with Crippen molar-refractivity contribution in [3.63, 3.8) is 0 Å². The number of fused-ring (bicyclic) bond motifs is 1. The molecule has 0 amide bonds. The Morgan fingerprint density at radius 1 is 1.25 bits per heavy atom. The summed E-state index contributed by atoms with van der Waals surface area (Å²) >= 11 is 0. The van der Waals surface area contributed by atoms with E-state index in [0.29, 0.717) is 5.92 Å². The summed E-state index contributed by atoms with van der Waals surface area (Å²) in [5.41, 5.74) is 1.41. The predicted octanol–water partition coefficient (Wildman–Crippen LogP) is 2.63. The minimum Gasteiger partial charge on any atom is -0.493 e. The van der Waals surface area contributed by atoms with Crippen molar-refractivity contribution in [1.82, 2.24) is 10.2 Å². The molecule has 3 rings (SSSR count). The summed E-state index contributed by atoms with van der Waals surface area (Å²) < 4.78 is 5.84. The van der Waals surface area contributed by atoms with Gasteiger partial charge in [-0.05, 0) is 45.0 Å². The molecule has 3 heteroatoms. The molecule has 2 heterocycles. The van der Waals surface area contributed by atoms with Gasteiger partial charge in [0.2, 0.25) is 0 Å². The first-order valence-electron chi connectivity index (χ1n) is 8.05. The quantitative estimate of drug-likeness (QED) is 0.893. The molecule has 1 N–H and O–H groups in total. The molecule has 0 saturated carbocycles. The van der Waals surface area contributed by atoms with Crippen LogP contribution in [0.4, 0.5) is 0 Å². The molecule has 2 aliphatic rings. The Bertz CT molecular complexity index is 429. The molecule has 1 aromatic rings. The van der Waals surface area contributed by atoms with Gasteiger partial charge in [0.15, 0.2) is 0 Å². The highest BCUT2D eigenvalue weighted by atomic mass is 16.5. The Hall–Kier alpha value is -1.06. The standard InChI is InChI=1S/C17H26N2O/c1-2-11-19(15-7-9-18-10-8-15)12-14-13-20-17-6-4-3-5-16(14)17/h3-6,14-15,18H,2,7-13H2,1H3. The van der Waals surface area contributed by atoms with Gasteiger partial charge >= 0.3 is 0 Å². The molecular formula is C17H26N2O. The molecule has 1 atom stereocenters. The zero-order valence-corrected chi connectivity index (χ0v) is 12.5. The molecule has 1 saturated heterocycles. The molecule has 0 spiro atoms. The molecular weight excluding hydrogens is 248 g/mol. The van der Waals surface area contributed by atoms with Crippen molar-refractivity contribution in [3.05, 3.63) is 29.8 Å². The summed E-state index contributed by atoms with van der Waals surface area (Å²) in [6, 6.07) is 9.29. The summed E-state index contributed by atoms with van der Waals surface area (Å²) in [4.78, 5) is 2.71. The topological polar surface area (TPSA) is 24.5 Å². The second kappa shape index (κ2) is 6.59. The number of benzene rings is 1. The lowest BCUT2D eigenvalue weighted by molar-refractivity contribution is 0.146. The van der Waals surface area contributed by atoms with Gasteiger partial charge in [0.05, 0.1) is 6.61 Å². The van der Waals surface area contributed by atoms with Crippen LogP contribution in [-0.2, 0) is 0 Å². The van der Waals surface area contributed by atoms with Crippen molar-refractivity contribution >= 4 is 0 Å². The van der Waals surface area contributed by atoms with E-state index in [2.05, 4.69) is 41.4 Å². The maximum Gasteiger partial charge on any atom is 0.122 e. The minimum atomic E-state index is 0.549. The summed E-state index contributed by atoms with van der Waals surface area (Å²) in [6.45, 7) is 7.84. The zero-order valence-electron chi connectivity index (χ0n) is 12.5. The fourth-order valence-corrected chi connectivity index (χ4v) is 3.55. The van der Waals surface area contributed by atoms with Crippen LogP contribution in [0.1, 0.15) is 37.7 Å². The van der Waals surface area contributed by atoms with Gasteiger partial charge in [-0.1, -0.05) is 25.1 Å². The van der Waals surface area contributed by atoms with Gasteiger partial charge in [-0.25, -0.2) is 0 Å². The van der Waals surface area contributed by atoms with Gasteiger partial charge < -0.3 is 10.1 Å². The Morgan fingerprint density at radius 2 is 2.05 bits per heavy atom. The molecule has 0 aliphatic carbocycles. The normalized spacial score (nSPS) is 22.8. The van der Waals surface area contributed by atoms with Gasteiger partial charge in [0, 0.05) is 24.1 Å². The maximum absolute atomic E-state index is 5.84. The average molecular weight is 274 g/mol. The monoisotopic (exact) mass is 274 g/mol. The Morgan fingerprint density at radius 3 is 2.85 bits per heavy atom. The highest BCUT2D eigenvalue weighted by molar-refractivity contribution is 5.39. The third-order valence-corrected chi connectivity index (χ3v) is 4.59. The van der Waals surface area contributed by atoms with E-state index in [0.717, 1.165) is 24.9 Å². The van der Waals surface area contributed by atoms with E-state index >= 15 is 0 Å². The first-order chi connectivity index (χ1) is 9.88. The maximum atomic E-state index is 5.84. The number of para-hydroxylation sites is 1. The van der Waals surface area contributed by atoms with Crippen molar-refractivity contribution < 1.29 is 4.74 Å². The Kier molecular flexibility index (Phi) is 4.58. The van der Waals surface area contributed by atoms with Crippen molar-refractivity contribution in [2.24, 2.45) is 0 Å². The molecule has 1 unspecified atom stereocenters. The summed E-state index contributed by atoms with van der Waals surface area (Å²) in [5.74, 6) is 1.65. The van der Waals surface area contributed by atoms with Crippen molar-refractivity contribution in [3.8, 4) is 5.75 Å². The van der Waals surface area contributed by atoms with Gasteiger partial charge in [0.25, 0.3) is 0 Å². The molecule has 2 aliphatic heterocycles. The van der Waals surface area contributed by atoms with E-state index in [1.54, 1.807) is 0 Å². The predicted molar refractivity (Wildman–Crippen MR) is 82.4 cm³/mol. The van der Waals surface area contributed by atoms with Crippen LogP contribution in [0.3, 0.4) is 0 Å². The van der Waals surface area contributed by atoms with Crippen LogP contribution >= 0.6 is 0 Å². The third-order valence-electron chi connectivity index (χ3n) is 4.59. The second-order valence-electron chi connectivity index (χ2n) is 6.02. The zero-order chi connectivity index (χ0) is 13.8. The van der Waals surface area contributed by atoms with Gasteiger partial charge in [-0.3, -0.25) is 4.90 Å². The van der Waals surface area contributed by atoms with E-state index in [1.165, 1.54) is 44.5 Å². The lowest BCUT2D eigenvalue weighted by Crippen LogP contribution is -2.45. The number of ether oxygens (including phenoxy) is 1. The van der Waals surface area contributed by atoms with Crippen LogP contribution in [0, 0.1) is 0 Å². The van der Waals surface area contributed by atoms with Crippen molar-refractivity contribution in [2.75, 3.05) is 32.8 Å². The molecule has 3 nitrogen and oxygen atoms in total. The van der Waals surface area contributed by atoms with Crippen molar-refractivity contribution in [2.45, 2.75) is 38.1 Å². The number of nitrogens with zero attached hydrogens (tertiary/aromatic N) is 1. The van der Waals surface area contributed by atoms with Crippen LogP contribution in [0.25, 0.3) is 0 Å². The first-order valence-corrected chi connectivity index (χ1v) is 8.05. The molecule has 0 aromatic heterocycles. The molecule has 0 radical (unpaired) electrons. The van der Waals surface area contributed by atoms with E-state index < -0.39 is 0 Å². The number of hydrogen-bond donors (Lipinski definition) is 1. The van der Waals surface area contributed by atoms with E-state index in [1.807, 2.05) is 0 Å². The largest absolute Gasteiger partial charge is 0.493 e. The van der Waals surface area contributed by atoms with Crippen LogP contribution < -0.4 is 10.1 Å². The van der Waals surface area contributed by atoms with Gasteiger partial charge in [0.1, 0.15) is 5.75 Å². The highest BCUT2D eigenvalue weighted by Gasteiger charge is 2.28. The van der Waals surface area contributed by atoms with Crippen molar-refractivity contribution in [1.29, 1.82) is 0 Å². The molecule has 110 valence electrons. The van der Waals surface area contributed by atoms with Crippen LogP contribution in [-0.4, -0.2) is 43.7 Å². The number of rotatable bonds is 5. The molecule has 0 bridgehead atoms. The summed E-state index contributed by atoms with van der Waals surface area (Å²) in [5, 5.41) is 3.47. The second-order valence-corrected chi connectivity index (χ2v) is 6.02. The summed E-state index contributed by atoms with van der Waals surface area (Å²) in [6.07, 6.45) is 3.81. The average Bonchev–Trinajstić information content (AvgIpc) is 2.91. The number of piperidine rings is 1. The number of hydrogen-bond acceptors (Lipinski definition) is 3. The van der Waals surface area contributed by atoms with Crippen LogP contribution in [0.15, 0.2) is 24.3 Å². The lowest BCUT2D eigenvalue weighted by Gasteiger charge is -2.35. The van der Waals surface area contributed by atoms with Gasteiger partial charge in [-0.2, -0.15) is 0 Å². The highest BCUT2D eigenvalue weighted by Crippen LogP contribution is 2.34. The first kappa shape index (κ1) is 13.9.